The average Bonchev–Trinajstić information content (AvgIpc) is 2.47. The predicted octanol–water partition coefficient (Wildman–Crippen LogP) is -0.709. The Morgan fingerprint density at radius 3 is 3.08 bits per heavy atom. The van der Waals surface area contributed by atoms with E-state index in [0.717, 1.165) is 20.8 Å². The number of carbonyl (C=O) groups is 1. The van der Waals surface area contributed by atoms with Gasteiger partial charge in [0.1, 0.15) is 5.65 Å². The number of rotatable bonds is 1. The molecule has 0 atom stereocenters. The fourth-order valence-corrected chi connectivity index (χ4v) is 1.75. The van der Waals surface area contributed by atoms with Gasteiger partial charge in [-0.1, -0.05) is 0 Å². The summed E-state index contributed by atoms with van der Waals surface area (Å²) in [6, 6.07) is 3.15. The zero-order valence-corrected chi connectivity index (χ0v) is 9.06. The number of carboxylic acids is 1. The van der Waals surface area contributed by atoms with Gasteiger partial charge >= 0.3 is 5.97 Å². The van der Waals surface area contributed by atoms with Gasteiger partial charge < -0.3 is 9.51 Å². The fraction of sp³-hybridized carbons (Fsp3) is 0. The third kappa shape index (κ3) is 1.33. The molecule has 2 aromatic heterocycles. The summed E-state index contributed by atoms with van der Waals surface area (Å²) in [6.45, 7) is 0. The number of fused-ring (bicyclic) bond motifs is 1. The number of hydrogen-bond acceptors (Lipinski definition) is 2. The Bertz CT molecular complexity index is 478. The van der Waals surface area contributed by atoms with Gasteiger partial charge in [0.15, 0.2) is 0 Å². The van der Waals surface area contributed by atoms with E-state index in [1.807, 2.05) is 4.40 Å². The molecule has 0 fully saturated rings. The van der Waals surface area contributed by atoms with Crippen molar-refractivity contribution in [3.8, 4) is 0 Å². The summed E-state index contributed by atoms with van der Waals surface area (Å²) >= 11 is 0.906. The summed E-state index contributed by atoms with van der Waals surface area (Å²) in [6.07, 6.45) is 3.52. The lowest BCUT2D eigenvalue weighted by Gasteiger charge is -1.97. The van der Waals surface area contributed by atoms with Crippen LogP contribution in [0.3, 0.4) is 0 Å². The fourth-order valence-electron chi connectivity index (χ4n) is 1.24. The van der Waals surface area contributed by atoms with Crippen molar-refractivity contribution in [1.29, 1.82) is 0 Å². The van der Waals surface area contributed by atoms with Crippen LogP contribution in [0.1, 0.15) is 10.4 Å². The van der Waals surface area contributed by atoms with Crippen molar-refractivity contribution in [1.82, 2.24) is 9.38 Å². The van der Waals surface area contributed by atoms with Crippen LogP contribution in [0.2, 0.25) is 0 Å². The third-order valence-corrected chi connectivity index (χ3v) is 2.69. The number of pyridine rings is 1. The molecule has 0 aromatic carbocycles. The van der Waals surface area contributed by atoms with Gasteiger partial charge in [-0.15, -0.1) is 0 Å². The molecule has 0 aliphatic carbocycles. The Hall–Kier alpha value is -1.31. The largest absolute Gasteiger partial charge is 0.478 e. The van der Waals surface area contributed by atoms with E-state index in [-0.39, 0.29) is 5.56 Å². The van der Waals surface area contributed by atoms with E-state index in [4.69, 9.17) is 5.11 Å². The lowest BCUT2D eigenvalue weighted by atomic mass is 10.3. The van der Waals surface area contributed by atoms with Crippen molar-refractivity contribution < 1.29 is 9.90 Å². The van der Waals surface area contributed by atoms with Crippen LogP contribution in [-0.2, 0) is 0 Å². The molecular weight excluding hydrogens is 183 g/mol. The van der Waals surface area contributed by atoms with Crippen LogP contribution >= 0.6 is 0 Å². The Morgan fingerprint density at radius 1 is 1.62 bits per heavy atom. The molecule has 0 saturated carbocycles. The molecule has 0 amide bonds. The maximum Gasteiger partial charge on any atom is 0.335 e. The second-order valence-corrected chi connectivity index (χ2v) is 3.87. The van der Waals surface area contributed by atoms with Crippen molar-refractivity contribution in [3.63, 3.8) is 0 Å². The molecule has 64 valence electrons. The summed E-state index contributed by atoms with van der Waals surface area (Å²) in [4.78, 5) is 14.7. The Labute approximate surface area is 82.3 Å². The lowest BCUT2D eigenvalue weighted by molar-refractivity contribution is 0.0697. The highest BCUT2D eigenvalue weighted by Gasteiger charge is 2.04. The third-order valence-electron chi connectivity index (χ3n) is 1.95. The monoisotopic (exact) mass is 190 g/mol. The van der Waals surface area contributed by atoms with Crippen molar-refractivity contribution in [3.05, 3.63) is 30.1 Å². The zero-order chi connectivity index (χ0) is 9.42. The maximum atomic E-state index is 10.6. The normalized spacial score (nSPS) is 10.5. The molecule has 0 spiro atoms. The Kier molecular flexibility index (Phi) is 1.84. The first-order valence-corrected chi connectivity index (χ1v) is 4.85. The first-order valence-electron chi connectivity index (χ1n) is 3.85. The molecule has 0 aliphatic rings. The molecule has 0 unspecified atom stereocenters. The van der Waals surface area contributed by atoms with Crippen molar-refractivity contribution in [2.45, 2.75) is 0 Å². The summed E-state index contributed by atoms with van der Waals surface area (Å²) in [5.74, 6) is -0.916. The van der Waals surface area contributed by atoms with E-state index in [2.05, 4.69) is 4.98 Å². The van der Waals surface area contributed by atoms with Gasteiger partial charge in [0, 0.05) is 12.4 Å². The van der Waals surface area contributed by atoms with Gasteiger partial charge in [0.2, 0.25) is 0 Å². The standard InChI is InChI=1S/C8H5N2O2.Al.2H/c11-8(12)6-1-3-10-4-2-9-7(10)5-6;;;/h1-3,5H,(H,11,12);;;. The molecule has 2 aromatic rings. The number of aromatic carboxylic acids is 1. The Balaban J connectivity index is 2.70. The minimum Gasteiger partial charge on any atom is -0.478 e. The zero-order valence-electron chi connectivity index (χ0n) is 7.06. The van der Waals surface area contributed by atoms with Crippen LogP contribution in [0.15, 0.2) is 24.5 Å². The van der Waals surface area contributed by atoms with Crippen LogP contribution in [0.4, 0.5) is 0 Å². The second kappa shape index (κ2) is 2.87. The van der Waals surface area contributed by atoms with Gasteiger partial charge in [-0.25, -0.2) is 9.78 Å². The number of carboxylic acid groups (broad SMARTS) is 1. The minimum atomic E-state index is -0.916. The molecule has 0 saturated heterocycles. The van der Waals surface area contributed by atoms with Crippen LogP contribution in [0.25, 0.3) is 5.65 Å². The van der Waals surface area contributed by atoms with Crippen LogP contribution < -0.4 is 4.56 Å². The van der Waals surface area contributed by atoms with Crippen LogP contribution in [0, 0.1) is 0 Å². The summed E-state index contributed by atoms with van der Waals surface area (Å²) in [5, 5.41) is 8.72. The maximum absolute atomic E-state index is 10.6. The highest BCUT2D eigenvalue weighted by molar-refractivity contribution is 6.31. The molecule has 5 heteroatoms. The van der Waals surface area contributed by atoms with Crippen LogP contribution in [-0.4, -0.2) is 36.8 Å². The van der Waals surface area contributed by atoms with Crippen molar-refractivity contribution in [2.75, 3.05) is 0 Å². The van der Waals surface area contributed by atoms with Gasteiger partial charge in [-0.2, -0.15) is 0 Å². The summed E-state index contributed by atoms with van der Waals surface area (Å²) in [5.41, 5.74) is 0.977. The first kappa shape index (κ1) is 8.30. The van der Waals surface area contributed by atoms with E-state index in [1.165, 1.54) is 0 Å². The lowest BCUT2D eigenvalue weighted by Crippen LogP contribution is -2.09. The van der Waals surface area contributed by atoms with E-state index < -0.39 is 5.97 Å². The van der Waals surface area contributed by atoms with Crippen molar-refractivity contribution in [2.24, 2.45) is 0 Å². The molecule has 2 heterocycles. The SMILES string of the molecule is O=C(O)c1ccn2[c]([AlH2])cnc2c1. The second-order valence-electron chi connectivity index (χ2n) is 2.85. The molecule has 0 bridgehead atoms. The summed E-state index contributed by atoms with van der Waals surface area (Å²) in [7, 11) is 0. The smallest absolute Gasteiger partial charge is 0.335 e. The average molecular weight is 190 g/mol. The summed E-state index contributed by atoms with van der Waals surface area (Å²) < 4.78 is 3.03. The topological polar surface area (TPSA) is 54.6 Å². The van der Waals surface area contributed by atoms with Gasteiger partial charge in [0.05, 0.1) is 5.56 Å². The van der Waals surface area contributed by atoms with E-state index in [1.54, 1.807) is 24.5 Å². The quantitative estimate of drug-likeness (QED) is 0.604. The minimum absolute atomic E-state index is 0.278. The molecule has 0 radical (unpaired) electrons. The number of aromatic nitrogens is 2. The van der Waals surface area contributed by atoms with E-state index >= 15 is 0 Å². The molecular formula is C8H7AlN2O2. The molecule has 4 nitrogen and oxygen atoms in total. The molecule has 13 heavy (non-hydrogen) atoms. The highest BCUT2D eigenvalue weighted by Crippen LogP contribution is 2.03. The molecule has 1 N–H and O–H groups in total. The molecule has 0 aliphatic heterocycles. The van der Waals surface area contributed by atoms with Gasteiger partial charge in [-0.05, 0) is 16.7 Å². The number of nitrogens with zero attached hydrogens (tertiary/aromatic N) is 2. The van der Waals surface area contributed by atoms with Gasteiger partial charge in [-0.3, -0.25) is 0 Å². The highest BCUT2D eigenvalue weighted by atomic mass is 27.0. The van der Waals surface area contributed by atoms with Crippen molar-refractivity contribution >= 4 is 32.5 Å². The van der Waals surface area contributed by atoms with Crippen LogP contribution in [0.5, 0.6) is 0 Å². The molecule has 2 rings (SSSR count). The Morgan fingerprint density at radius 2 is 2.38 bits per heavy atom. The first-order chi connectivity index (χ1) is 6.18. The predicted molar refractivity (Wildman–Crippen MR) is 50.3 cm³/mol. The van der Waals surface area contributed by atoms with Gasteiger partial charge in [0.25, 0.3) is 16.3 Å². The number of imidazole rings is 1. The number of hydrogen-bond donors (Lipinski definition) is 1. The van der Waals surface area contributed by atoms with E-state index in [9.17, 15) is 4.79 Å². The van der Waals surface area contributed by atoms with E-state index in [0.29, 0.717) is 5.65 Å².